The fourth-order valence-electron chi connectivity index (χ4n) is 4.04. The summed E-state index contributed by atoms with van der Waals surface area (Å²) < 4.78 is 12.9. The zero-order valence-electron chi connectivity index (χ0n) is 15.9. The topological polar surface area (TPSA) is 73.7 Å². The molecule has 0 unspecified atom stereocenters. The van der Waals surface area contributed by atoms with E-state index in [0.717, 1.165) is 36.3 Å². The Kier molecular flexibility index (Phi) is 4.71. The van der Waals surface area contributed by atoms with Crippen LogP contribution in [0, 0.1) is 0 Å². The molecular weight excluding hydrogens is 390 g/mol. The van der Waals surface area contributed by atoms with Crippen molar-refractivity contribution in [3.63, 3.8) is 0 Å². The number of hydrogen-bond acceptors (Lipinski definition) is 6. The molecule has 0 saturated carbocycles. The molecule has 8 heteroatoms. The zero-order chi connectivity index (χ0) is 19.8. The minimum Gasteiger partial charge on any atom is -0.490 e. The third-order valence-corrected chi connectivity index (χ3v) is 6.31. The van der Waals surface area contributed by atoms with Crippen molar-refractivity contribution in [2.45, 2.75) is 31.8 Å². The van der Waals surface area contributed by atoms with Crippen LogP contribution in [-0.2, 0) is 11.3 Å². The summed E-state index contributed by atoms with van der Waals surface area (Å²) in [6.45, 7) is 1.96. The normalized spacial score (nSPS) is 18.8. The summed E-state index contributed by atoms with van der Waals surface area (Å²) in [5.74, 6) is 1.42. The second-order valence-corrected chi connectivity index (χ2v) is 8.21. The molecule has 1 atom stereocenters. The summed E-state index contributed by atoms with van der Waals surface area (Å²) in [4.78, 5) is 32.5. The van der Waals surface area contributed by atoms with Crippen LogP contribution < -0.4 is 15.0 Å². The quantitative estimate of drug-likeness (QED) is 0.663. The van der Waals surface area contributed by atoms with E-state index in [-0.39, 0.29) is 24.1 Å². The average Bonchev–Trinajstić information content (AvgIpc) is 3.35. The van der Waals surface area contributed by atoms with Gasteiger partial charge in [0.1, 0.15) is 11.4 Å². The number of amides is 1. The van der Waals surface area contributed by atoms with Gasteiger partial charge >= 0.3 is 0 Å². The van der Waals surface area contributed by atoms with Gasteiger partial charge in [-0.15, -0.1) is 11.3 Å². The van der Waals surface area contributed by atoms with Crippen molar-refractivity contribution < 1.29 is 14.3 Å². The second kappa shape index (κ2) is 7.51. The largest absolute Gasteiger partial charge is 0.490 e. The number of benzene rings is 1. The minimum atomic E-state index is -0.170. The average molecular weight is 411 g/mol. The molecule has 1 saturated heterocycles. The first kappa shape index (κ1) is 18.2. The number of carbonyl (C=O) groups excluding carboxylic acids is 1. The number of thiophene rings is 1. The molecule has 2 aliphatic rings. The minimum absolute atomic E-state index is 0.00132. The molecule has 150 valence electrons. The van der Waals surface area contributed by atoms with Gasteiger partial charge in [0.15, 0.2) is 11.5 Å². The molecule has 1 aromatic carbocycles. The van der Waals surface area contributed by atoms with E-state index in [9.17, 15) is 9.59 Å². The number of fused-ring (bicyclic) bond motifs is 2. The van der Waals surface area contributed by atoms with Gasteiger partial charge in [-0.3, -0.25) is 14.2 Å². The molecule has 2 aromatic heterocycles. The molecule has 3 aromatic rings. The molecule has 4 heterocycles. The maximum absolute atomic E-state index is 13.1. The SMILES string of the molecule is O=C(Cn1cnc2sccc2c1=O)N1CCC[C@@H]1c1ccc2c(c1)OCCCO2. The Morgan fingerprint density at radius 3 is 2.93 bits per heavy atom. The van der Waals surface area contributed by atoms with Crippen molar-refractivity contribution in [2.75, 3.05) is 19.8 Å². The molecule has 2 aliphatic heterocycles. The van der Waals surface area contributed by atoms with Crippen LogP contribution in [-0.4, -0.2) is 40.1 Å². The lowest BCUT2D eigenvalue weighted by atomic mass is 10.0. The summed E-state index contributed by atoms with van der Waals surface area (Å²) in [6.07, 6.45) is 4.15. The van der Waals surface area contributed by atoms with Crippen LogP contribution >= 0.6 is 11.3 Å². The van der Waals surface area contributed by atoms with E-state index in [2.05, 4.69) is 4.98 Å². The predicted molar refractivity (Wildman–Crippen MR) is 110 cm³/mol. The van der Waals surface area contributed by atoms with Crippen molar-refractivity contribution >= 4 is 27.5 Å². The Morgan fingerprint density at radius 2 is 2.03 bits per heavy atom. The summed E-state index contributed by atoms with van der Waals surface area (Å²) >= 11 is 1.42. The zero-order valence-corrected chi connectivity index (χ0v) is 16.7. The van der Waals surface area contributed by atoms with E-state index in [0.29, 0.717) is 30.0 Å². The standard InChI is InChI=1S/C21H21N3O4S/c25-19(12-23-13-22-20-15(21(23)26)6-10-29-20)24-7-1-3-16(24)14-4-5-17-18(11-14)28-9-2-8-27-17/h4-6,10-11,13,16H,1-3,7-9,12H2/t16-/m1/s1. The third kappa shape index (κ3) is 3.37. The number of hydrogen-bond donors (Lipinski definition) is 0. The predicted octanol–water partition coefficient (Wildman–Crippen LogP) is 2.98. The number of rotatable bonds is 3. The Balaban J connectivity index is 1.39. The van der Waals surface area contributed by atoms with Gasteiger partial charge in [0.2, 0.25) is 5.91 Å². The van der Waals surface area contributed by atoms with E-state index in [1.54, 1.807) is 6.07 Å². The van der Waals surface area contributed by atoms with Crippen LogP contribution in [0.4, 0.5) is 0 Å². The number of carbonyl (C=O) groups is 1. The van der Waals surface area contributed by atoms with Crippen LogP contribution in [0.25, 0.3) is 10.2 Å². The third-order valence-electron chi connectivity index (χ3n) is 5.49. The maximum atomic E-state index is 13.1. The summed E-state index contributed by atoms with van der Waals surface area (Å²) in [6, 6.07) is 7.66. The van der Waals surface area contributed by atoms with Gasteiger partial charge in [0.25, 0.3) is 5.56 Å². The number of ether oxygens (including phenoxy) is 2. The molecule has 0 bridgehead atoms. The van der Waals surface area contributed by atoms with Gasteiger partial charge in [0.05, 0.1) is 31.0 Å². The Labute approximate surface area is 171 Å². The molecule has 5 rings (SSSR count). The van der Waals surface area contributed by atoms with Crippen molar-refractivity contribution in [1.29, 1.82) is 0 Å². The van der Waals surface area contributed by atoms with Crippen molar-refractivity contribution in [3.8, 4) is 11.5 Å². The molecule has 0 aliphatic carbocycles. The highest BCUT2D eigenvalue weighted by Gasteiger charge is 2.31. The van der Waals surface area contributed by atoms with E-state index in [4.69, 9.17) is 9.47 Å². The lowest BCUT2D eigenvalue weighted by molar-refractivity contribution is -0.132. The van der Waals surface area contributed by atoms with Gasteiger partial charge in [-0.05, 0) is 42.0 Å². The summed E-state index contributed by atoms with van der Waals surface area (Å²) in [5, 5.41) is 2.40. The number of aromatic nitrogens is 2. The summed E-state index contributed by atoms with van der Waals surface area (Å²) in [5.41, 5.74) is 0.870. The van der Waals surface area contributed by atoms with Crippen LogP contribution in [0.2, 0.25) is 0 Å². The molecule has 1 fully saturated rings. The fourth-order valence-corrected chi connectivity index (χ4v) is 4.76. The van der Waals surface area contributed by atoms with Crippen LogP contribution in [0.15, 0.2) is 40.8 Å². The van der Waals surface area contributed by atoms with Gasteiger partial charge in [-0.2, -0.15) is 0 Å². The lowest BCUT2D eigenvalue weighted by Gasteiger charge is -2.26. The molecule has 0 N–H and O–H groups in total. The highest BCUT2D eigenvalue weighted by molar-refractivity contribution is 7.16. The first-order valence-corrected chi connectivity index (χ1v) is 10.7. The van der Waals surface area contributed by atoms with Gasteiger partial charge in [-0.25, -0.2) is 4.98 Å². The Bertz CT molecular complexity index is 1120. The smallest absolute Gasteiger partial charge is 0.262 e. The van der Waals surface area contributed by atoms with E-state index in [1.165, 1.54) is 22.2 Å². The van der Waals surface area contributed by atoms with Crippen molar-refractivity contribution in [1.82, 2.24) is 14.5 Å². The monoisotopic (exact) mass is 411 g/mol. The van der Waals surface area contributed by atoms with E-state index in [1.807, 2.05) is 28.5 Å². The fraction of sp³-hybridized carbons (Fsp3) is 0.381. The second-order valence-electron chi connectivity index (χ2n) is 7.32. The van der Waals surface area contributed by atoms with Gasteiger partial charge in [0, 0.05) is 13.0 Å². The van der Waals surface area contributed by atoms with Gasteiger partial charge < -0.3 is 14.4 Å². The maximum Gasteiger partial charge on any atom is 0.262 e. The molecule has 0 spiro atoms. The Morgan fingerprint density at radius 1 is 1.17 bits per heavy atom. The molecule has 7 nitrogen and oxygen atoms in total. The van der Waals surface area contributed by atoms with Crippen LogP contribution in [0.3, 0.4) is 0 Å². The molecule has 0 radical (unpaired) electrons. The summed E-state index contributed by atoms with van der Waals surface area (Å²) in [7, 11) is 0. The highest BCUT2D eigenvalue weighted by atomic mass is 32.1. The molecular formula is C21H21N3O4S. The van der Waals surface area contributed by atoms with Crippen molar-refractivity contribution in [3.05, 3.63) is 51.9 Å². The van der Waals surface area contributed by atoms with Crippen molar-refractivity contribution in [2.24, 2.45) is 0 Å². The van der Waals surface area contributed by atoms with Crippen LogP contribution in [0.5, 0.6) is 11.5 Å². The Hall–Kier alpha value is -2.87. The van der Waals surface area contributed by atoms with E-state index < -0.39 is 0 Å². The number of likely N-dealkylation sites (tertiary alicyclic amines) is 1. The first-order valence-electron chi connectivity index (χ1n) is 9.82. The van der Waals surface area contributed by atoms with E-state index >= 15 is 0 Å². The highest BCUT2D eigenvalue weighted by Crippen LogP contribution is 2.38. The van der Waals surface area contributed by atoms with Crippen LogP contribution in [0.1, 0.15) is 30.9 Å². The first-order chi connectivity index (χ1) is 14.2. The lowest BCUT2D eigenvalue weighted by Crippen LogP contribution is -2.36. The molecule has 29 heavy (non-hydrogen) atoms. The molecule has 1 amide bonds. The van der Waals surface area contributed by atoms with Gasteiger partial charge in [-0.1, -0.05) is 6.07 Å². The number of nitrogens with zero attached hydrogens (tertiary/aromatic N) is 3.